The van der Waals surface area contributed by atoms with Gasteiger partial charge in [-0.25, -0.2) is 0 Å². The standard InChI is InChI=1S/C17H23ClN4O/c1-19-17(20-8-12-22-10-2-3-11-22)21-9-13-23-14-15-4-6-16(18)7-5-15/h2-7,10-11H,8-9,12-14H2,1H3,(H2,19,20,21). The van der Waals surface area contributed by atoms with E-state index in [-0.39, 0.29) is 0 Å². The summed E-state index contributed by atoms with van der Waals surface area (Å²) in [4.78, 5) is 4.19. The molecule has 0 aliphatic rings. The lowest BCUT2D eigenvalue weighted by Crippen LogP contribution is -2.40. The number of ether oxygens (including phenoxy) is 1. The van der Waals surface area contributed by atoms with Gasteiger partial charge in [-0.05, 0) is 29.8 Å². The Hall–Kier alpha value is -1.98. The van der Waals surface area contributed by atoms with E-state index >= 15 is 0 Å². The molecular weight excluding hydrogens is 312 g/mol. The van der Waals surface area contributed by atoms with E-state index in [1.165, 1.54) is 0 Å². The Morgan fingerprint density at radius 3 is 2.52 bits per heavy atom. The normalized spacial score (nSPS) is 11.5. The summed E-state index contributed by atoms with van der Waals surface area (Å²) in [6.45, 7) is 3.62. The summed E-state index contributed by atoms with van der Waals surface area (Å²) >= 11 is 5.85. The van der Waals surface area contributed by atoms with Crippen molar-refractivity contribution in [3.8, 4) is 0 Å². The Morgan fingerprint density at radius 2 is 1.83 bits per heavy atom. The Labute approximate surface area is 142 Å². The number of aliphatic imine (C=N–C) groups is 1. The van der Waals surface area contributed by atoms with Gasteiger partial charge in [0.25, 0.3) is 0 Å². The second-order valence-electron chi connectivity index (χ2n) is 5.03. The molecule has 0 bridgehead atoms. The van der Waals surface area contributed by atoms with Gasteiger partial charge in [0, 0.05) is 44.1 Å². The van der Waals surface area contributed by atoms with Crippen LogP contribution in [0.3, 0.4) is 0 Å². The van der Waals surface area contributed by atoms with Crippen LogP contribution in [0.1, 0.15) is 5.56 Å². The maximum absolute atomic E-state index is 5.85. The number of rotatable bonds is 8. The second-order valence-corrected chi connectivity index (χ2v) is 5.46. The van der Waals surface area contributed by atoms with E-state index < -0.39 is 0 Å². The summed E-state index contributed by atoms with van der Waals surface area (Å²) in [5.41, 5.74) is 1.11. The molecule has 0 saturated carbocycles. The minimum atomic E-state index is 0.582. The third-order valence-electron chi connectivity index (χ3n) is 3.27. The van der Waals surface area contributed by atoms with Crippen molar-refractivity contribution in [2.24, 2.45) is 4.99 Å². The lowest BCUT2D eigenvalue weighted by Gasteiger charge is -2.12. The molecule has 0 amide bonds. The van der Waals surface area contributed by atoms with E-state index in [1.54, 1.807) is 7.05 Å². The highest BCUT2D eigenvalue weighted by Gasteiger charge is 1.98. The molecule has 5 nitrogen and oxygen atoms in total. The maximum Gasteiger partial charge on any atom is 0.191 e. The summed E-state index contributed by atoms with van der Waals surface area (Å²) in [5.74, 6) is 0.784. The monoisotopic (exact) mass is 334 g/mol. The number of benzene rings is 1. The third-order valence-corrected chi connectivity index (χ3v) is 3.53. The predicted octanol–water partition coefficient (Wildman–Crippen LogP) is 2.52. The van der Waals surface area contributed by atoms with E-state index in [2.05, 4.69) is 20.2 Å². The summed E-state index contributed by atoms with van der Waals surface area (Å²) in [5, 5.41) is 7.24. The highest BCUT2D eigenvalue weighted by atomic mass is 35.5. The fourth-order valence-corrected chi connectivity index (χ4v) is 2.18. The Bertz CT molecular complexity index is 581. The van der Waals surface area contributed by atoms with Crippen molar-refractivity contribution in [1.82, 2.24) is 15.2 Å². The molecule has 2 N–H and O–H groups in total. The van der Waals surface area contributed by atoms with E-state index in [0.717, 1.165) is 29.6 Å². The highest BCUT2D eigenvalue weighted by molar-refractivity contribution is 6.30. The Morgan fingerprint density at radius 1 is 1.13 bits per heavy atom. The number of nitrogens with one attached hydrogen (secondary N) is 2. The highest BCUT2D eigenvalue weighted by Crippen LogP contribution is 2.09. The maximum atomic E-state index is 5.85. The lowest BCUT2D eigenvalue weighted by molar-refractivity contribution is 0.125. The lowest BCUT2D eigenvalue weighted by atomic mass is 10.2. The van der Waals surface area contributed by atoms with Gasteiger partial charge in [-0.15, -0.1) is 0 Å². The van der Waals surface area contributed by atoms with Crippen LogP contribution in [-0.2, 0) is 17.9 Å². The van der Waals surface area contributed by atoms with E-state index in [9.17, 15) is 0 Å². The van der Waals surface area contributed by atoms with Crippen LogP contribution in [0.25, 0.3) is 0 Å². The number of guanidine groups is 1. The molecule has 124 valence electrons. The van der Waals surface area contributed by atoms with E-state index in [4.69, 9.17) is 16.3 Å². The molecule has 1 heterocycles. The third kappa shape index (κ3) is 6.76. The quantitative estimate of drug-likeness (QED) is 0.443. The molecule has 23 heavy (non-hydrogen) atoms. The van der Waals surface area contributed by atoms with Crippen LogP contribution in [0.2, 0.25) is 5.02 Å². The van der Waals surface area contributed by atoms with Crippen molar-refractivity contribution < 1.29 is 4.74 Å². The van der Waals surface area contributed by atoms with Crippen LogP contribution in [0.4, 0.5) is 0 Å². The number of hydrogen-bond donors (Lipinski definition) is 2. The van der Waals surface area contributed by atoms with Crippen molar-refractivity contribution in [3.05, 3.63) is 59.4 Å². The average molecular weight is 335 g/mol. The topological polar surface area (TPSA) is 50.6 Å². The van der Waals surface area contributed by atoms with Crippen molar-refractivity contribution in [3.63, 3.8) is 0 Å². The zero-order valence-electron chi connectivity index (χ0n) is 13.3. The molecule has 0 atom stereocenters. The van der Waals surface area contributed by atoms with Gasteiger partial charge in [0.05, 0.1) is 13.2 Å². The molecule has 0 aliphatic carbocycles. The number of nitrogens with zero attached hydrogens (tertiary/aromatic N) is 2. The van der Waals surface area contributed by atoms with Gasteiger partial charge in [0.1, 0.15) is 0 Å². The molecule has 2 aromatic rings. The Kier molecular flexibility index (Phi) is 7.49. The molecule has 0 unspecified atom stereocenters. The van der Waals surface area contributed by atoms with Gasteiger partial charge in [0.15, 0.2) is 5.96 Å². The smallest absolute Gasteiger partial charge is 0.191 e. The summed E-state index contributed by atoms with van der Waals surface area (Å²) in [6, 6.07) is 11.7. The van der Waals surface area contributed by atoms with Gasteiger partial charge in [-0.1, -0.05) is 23.7 Å². The SMILES string of the molecule is CN=C(NCCOCc1ccc(Cl)cc1)NCCn1cccc1. The van der Waals surface area contributed by atoms with E-state index in [1.807, 2.05) is 48.8 Å². The first-order chi connectivity index (χ1) is 11.3. The number of aromatic nitrogens is 1. The molecule has 1 aromatic carbocycles. The average Bonchev–Trinajstić information content (AvgIpc) is 3.08. The van der Waals surface area contributed by atoms with Crippen LogP contribution in [-0.4, -0.2) is 37.3 Å². The van der Waals surface area contributed by atoms with Crippen molar-refractivity contribution in [2.75, 3.05) is 26.7 Å². The molecule has 0 radical (unpaired) electrons. The minimum absolute atomic E-state index is 0.582. The second kappa shape index (κ2) is 9.92. The number of halogens is 1. The van der Waals surface area contributed by atoms with Crippen LogP contribution < -0.4 is 10.6 Å². The zero-order valence-corrected chi connectivity index (χ0v) is 14.1. The van der Waals surface area contributed by atoms with Gasteiger partial charge >= 0.3 is 0 Å². The van der Waals surface area contributed by atoms with Crippen molar-refractivity contribution in [1.29, 1.82) is 0 Å². The summed E-state index contributed by atoms with van der Waals surface area (Å²) < 4.78 is 7.75. The molecule has 0 fully saturated rings. The molecule has 2 rings (SSSR count). The van der Waals surface area contributed by atoms with E-state index in [0.29, 0.717) is 19.8 Å². The first kappa shape index (κ1) is 17.4. The van der Waals surface area contributed by atoms with Crippen LogP contribution >= 0.6 is 11.6 Å². The molecule has 0 aliphatic heterocycles. The predicted molar refractivity (Wildman–Crippen MR) is 94.9 cm³/mol. The number of hydrogen-bond acceptors (Lipinski definition) is 2. The molecule has 6 heteroatoms. The van der Waals surface area contributed by atoms with Gasteiger partial charge in [-0.3, -0.25) is 4.99 Å². The van der Waals surface area contributed by atoms with Crippen molar-refractivity contribution in [2.45, 2.75) is 13.2 Å². The van der Waals surface area contributed by atoms with Gasteiger partial charge in [0.2, 0.25) is 0 Å². The summed E-state index contributed by atoms with van der Waals surface area (Å²) in [6.07, 6.45) is 4.09. The fraction of sp³-hybridized carbons (Fsp3) is 0.353. The van der Waals surface area contributed by atoms with Crippen LogP contribution in [0.15, 0.2) is 53.8 Å². The van der Waals surface area contributed by atoms with Gasteiger partial charge in [-0.2, -0.15) is 0 Å². The molecule has 1 aromatic heterocycles. The molecular formula is C17H23ClN4O. The zero-order chi connectivity index (χ0) is 16.3. The Balaban J connectivity index is 1.55. The first-order valence-corrected chi connectivity index (χ1v) is 8.03. The van der Waals surface area contributed by atoms with Crippen molar-refractivity contribution >= 4 is 17.6 Å². The minimum Gasteiger partial charge on any atom is -0.375 e. The first-order valence-electron chi connectivity index (χ1n) is 7.65. The van der Waals surface area contributed by atoms with Crippen LogP contribution in [0, 0.1) is 0 Å². The largest absolute Gasteiger partial charge is 0.375 e. The molecule has 0 spiro atoms. The summed E-state index contributed by atoms with van der Waals surface area (Å²) in [7, 11) is 1.76. The fourth-order valence-electron chi connectivity index (χ4n) is 2.06. The van der Waals surface area contributed by atoms with Gasteiger partial charge < -0.3 is 19.9 Å². The molecule has 0 saturated heterocycles. The van der Waals surface area contributed by atoms with Crippen LogP contribution in [0.5, 0.6) is 0 Å².